The van der Waals surface area contributed by atoms with Gasteiger partial charge in [-0.2, -0.15) is 0 Å². The summed E-state index contributed by atoms with van der Waals surface area (Å²) in [6.07, 6.45) is 3.12. The number of unbranched alkanes of at least 4 members (excludes halogenated alkanes) is 1. The van der Waals surface area contributed by atoms with Crippen LogP contribution in [0, 0.1) is 0 Å². The van der Waals surface area contributed by atoms with Gasteiger partial charge < -0.3 is 10.6 Å². The first-order chi connectivity index (χ1) is 6.76. The van der Waals surface area contributed by atoms with E-state index in [0.717, 1.165) is 12.8 Å². The predicted molar refractivity (Wildman–Crippen MR) is 57.9 cm³/mol. The topological polar surface area (TPSA) is 70.2 Å². The summed E-state index contributed by atoms with van der Waals surface area (Å²) in [6.45, 7) is 0.649. The number of rotatable bonds is 8. The predicted octanol–water partition coefficient (Wildman–Crippen LogP) is -0.548. The molecule has 0 heterocycles. The average molecular weight is 219 g/mol. The standard InChI is InChI=1S/C8H17N3O2S/c1-9-8(13)7(11-14)4-2-3-5-10-6-12/h6-7,11,14H,2-5H2,1H3,(H,9,13)(H,10,12)/t7-/m0/s1. The summed E-state index contributed by atoms with van der Waals surface area (Å²) in [4.78, 5) is 21.1. The van der Waals surface area contributed by atoms with Gasteiger partial charge in [0.05, 0.1) is 6.04 Å². The van der Waals surface area contributed by atoms with Crippen molar-refractivity contribution in [2.75, 3.05) is 13.6 Å². The monoisotopic (exact) mass is 219 g/mol. The molecule has 0 fully saturated rings. The van der Waals surface area contributed by atoms with Gasteiger partial charge in [-0.15, -0.1) is 0 Å². The Bertz CT molecular complexity index is 178. The fourth-order valence-electron chi connectivity index (χ4n) is 1.06. The minimum absolute atomic E-state index is 0.0663. The van der Waals surface area contributed by atoms with E-state index in [1.165, 1.54) is 0 Å². The van der Waals surface area contributed by atoms with E-state index in [2.05, 4.69) is 28.2 Å². The molecule has 1 atom stereocenters. The first kappa shape index (κ1) is 13.2. The van der Waals surface area contributed by atoms with Crippen molar-refractivity contribution in [3.63, 3.8) is 0 Å². The lowest BCUT2D eigenvalue weighted by molar-refractivity contribution is -0.122. The van der Waals surface area contributed by atoms with Gasteiger partial charge in [0, 0.05) is 13.6 Å². The van der Waals surface area contributed by atoms with Crippen LogP contribution in [-0.4, -0.2) is 32.0 Å². The number of amides is 2. The van der Waals surface area contributed by atoms with Crippen LogP contribution < -0.4 is 15.4 Å². The second kappa shape index (κ2) is 8.83. The second-order valence-corrected chi connectivity index (χ2v) is 3.12. The third kappa shape index (κ3) is 5.82. The molecule has 0 aromatic heterocycles. The van der Waals surface area contributed by atoms with Gasteiger partial charge >= 0.3 is 0 Å². The van der Waals surface area contributed by atoms with Crippen molar-refractivity contribution < 1.29 is 9.59 Å². The lowest BCUT2D eigenvalue weighted by atomic mass is 10.1. The minimum atomic E-state index is -0.264. The molecule has 3 N–H and O–H groups in total. The van der Waals surface area contributed by atoms with Crippen LogP contribution in [0.3, 0.4) is 0 Å². The van der Waals surface area contributed by atoms with E-state index >= 15 is 0 Å². The molecule has 0 radical (unpaired) electrons. The smallest absolute Gasteiger partial charge is 0.237 e. The van der Waals surface area contributed by atoms with Crippen molar-refractivity contribution in [3.8, 4) is 0 Å². The fraction of sp³-hybridized carbons (Fsp3) is 0.750. The average Bonchev–Trinajstić information content (AvgIpc) is 2.22. The summed E-state index contributed by atoms with van der Waals surface area (Å²) in [5, 5.41) is 5.11. The summed E-state index contributed by atoms with van der Waals surface area (Å²) in [5.74, 6) is -0.0663. The highest BCUT2D eigenvalue weighted by atomic mass is 32.1. The van der Waals surface area contributed by atoms with Crippen LogP contribution in [0.4, 0.5) is 0 Å². The summed E-state index contributed by atoms with van der Waals surface area (Å²) >= 11 is 3.87. The molecule has 14 heavy (non-hydrogen) atoms. The highest BCUT2D eigenvalue weighted by Gasteiger charge is 2.13. The van der Waals surface area contributed by atoms with E-state index in [4.69, 9.17) is 0 Å². The molecule has 0 saturated carbocycles. The van der Waals surface area contributed by atoms with Crippen LogP contribution in [0.5, 0.6) is 0 Å². The molecule has 0 spiro atoms. The Morgan fingerprint density at radius 2 is 2.21 bits per heavy atom. The van der Waals surface area contributed by atoms with Crippen LogP contribution in [0.1, 0.15) is 19.3 Å². The van der Waals surface area contributed by atoms with Gasteiger partial charge in [-0.3, -0.25) is 14.3 Å². The quantitative estimate of drug-likeness (QED) is 0.251. The number of hydrogen-bond donors (Lipinski definition) is 4. The van der Waals surface area contributed by atoms with Crippen LogP contribution in [0.15, 0.2) is 0 Å². The van der Waals surface area contributed by atoms with Crippen molar-refractivity contribution in [2.45, 2.75) is 25.3 Å². The van der Waals surface area contributed by atoms with Crippen LogP contribution >= 0.6 is 12.8 Å². The van der Waals surface area contributed by atoms with Gasteiger partial charge in [-0.05, 0) is 19.3 Å². The third-order valence-corrected chi connectivity index (χ3v) is 2.18. The molecule has 0 bridgehead atoms. The number of likely N-dealkylation sites (N-methyl/N-ethyl adjacent to an activating group) is 1. The molecule has 2 amide bonds. The summed E-state index contributed by atoms with van der Waals surface area (Å²) in [5.41, 5.74) is 0. The van der Waals surface area contributed by atoms with Crippen LogP contribution in [-0.2, 0) is 9.59 Å². The fourth-order valence-corrected chi connectivity index (χ4v) is 1.31. The minimum Gasteiger partial charge on any atom is -0.359 e. The summed E-state index contributed by atoms with van der Waals surface area (Å²) in [6, 6.07) is -0.264. The number of thiol groups is 1. The van der Waals surface area contributed by atoms with E-state index < -0.39 is 0 Å². The SMILES string of the molecule is CNC(=O)[C@H](CCCCNC=O)NS. The molecular weight excluding hydrogens is 202 g/mol. The third-order valence-electron chi connectivity index (χ3n) is 1.87. The molecule has 0 aliphatic rings. The lowest BCUT2D eigenvalue weighted by Gasteiger charge is -2.12. The Labute approximate surface area is 89.6 Å². The van der Waals surface area contributed by atoms with E-state index in [0.29, 0.717) is 19.4 Å². The maximum atomic E-state index is 11.2. The molecule has 0 aliphatic heterocycles. The van der Waals surface area contributed by atoms with Crippen molar-refractivity contribution in [2.24, 2.45) is 0 Å². The van der Waals surface area contributed by atoms with Crippen LogP contribution in [0.25, 0.3) is 0 Å². The van der Waals surface area contributed by atoms with Gasteiger partial charge in [0.2, 0.25) is 12.3 Å². The molecule has 5 nitrogen and oxygen atoms in total. The Kier molecular flexibility index (Phi) is 8.36. The van der Waals surface area contributed by atoms with Crippen molar-refractivity contribution in [1.82, 2.24) is 15.4 Å². The van der Waals surface area contributed by atoms with Gasteiger partial charge in [-0.1, -0.05) is 12.8 Å². The summed E-state index contributed by atoms with van der Waals surface area (Å²) < 4.78 is 2.64. The first-order valence-electron chi connectivity index (χ1n) is 4.54. The van der Waals surface area contributed by atoms with Gasteiger partial charge in [0.15, 0.2) is 0 Å². The molecule has 6 heteroatoms. The molecule has 0 aromatic carbocycles. The van der Waals surface area contributed by atoms with Gasteiger partial charge in [0.25, 0.3) is 0 Å². The highest BCUT2D eigenvalue weighted by Crippen LogP contribution is 2.01. The normalized spacial score (nSPS) is 11.9. The van der Waals surface area contributed by atoms with Crippen molar-refractivity contribution in [3.05, 3.63) is 0 Å². The molecule has 82 valence electrons. The number of hydrogen-bond acceptors (Lipinski definition) is 4. The van der Waals surface area contributed by atoms with Gasteiger partial charge in [0.1, 0.15) is 0 Å². The summed E-state index contributed by atoms with van der Waals surface area (Å²) in [7, 11) is 1.59. The first-order valence-corrected chi connectivity index (χ1v) is 4.99. The number of nitrogens with one attached hydrogen (secondary N) is 3. The van der Waals surface area contributed by atoms with E-state index in [1.54, 1.807) is 7.05 Å². The Hall–Kier alpha value is -0.750. The maximum Gasteiger partial charge on any atom is 0.237 e. The maximum absolute atomic E-state index is 11.2. The molecule has 0 rings (SSSR count). The zero-order chi connectivity index (χ0) is 10.8. The molecule has 0 saturated heterocycles. The zero-order valence-corrected chi connectivity index (χ0v) is 9.14. The van der Waals surface area contributed by atoms with Crippen LogP contribution in [0.2, 0.25) is 0 Å². The van der Waals surface area contributed by atoms with E-state index in [-0.39, 0.29) is 11.9 Å². The molecular formula is C8H17N3O2S. The Balaban J connectivity index is 3.52. The zero-order valence-electron chi connectivity index (χ0n) is 8.25. The van der Waals surface area contributed by atoms with E-state index in [9.17, 15) is 9.59 Å². The second-order valence-electron chi connectivity index (χ2n) is 2.86. The number of carbonyl (C=O) groups excluding carboxylic acids is 2. The Morgan fingerprint density at radius 1 is 1.50 bits per heavy atom. The van der Waals surface area contributed by atoms with Crippen molar-refractivity contribution >= 4 is 25.1 Å². The Morgan fingerprint density at radius 3 is 2.71 bits per heavy atom. The molecule has 0 aliphatic carbocycles. The molecule has 0 unspecified atom stereocenters. The molecule has 0 aromatic rings. The lowest BCUT2D eigenvalue weighted by Crippen LogP contribution is -2.38. The van der Waals surface area contributed by atoms with Gasteiger partial charge in [-0.25, -0.2) is 0 Å². The van der Waals surface area contributed by atoms with E-state index in [1.807, 2.05) is 0 Å². The largest absolute Gasteiger partial charge is 0.359 e. The van der Waals surface area contributed by atoms with Crippen molar-refractivity contribution in [1.29, 1.82) is 0 Å². The number of carbonyl (C=O) groups is 2. The highest BCUT2D eigenvalue weighted by molar-refractivity contribution is 7.78.